The lowest BCUT2D eigenvalue weighted by molar-refractivity contribution is -0.145. The largest absolute Gasteiger partial charge is 0.466 e. The van der Waals surface area contributed by atoms with Gasteiger partial charge in [0.15, 0.2) is 0 Å². The first-order chi connectivity index (χ1) is 6.87. The van der Waals surface area contributed by atoms with Gasteiger partial charge >= 0.3 is 5.97 Å². The summed E-state index contributed by atoms with van der Waals surface area (Å²) in [5.41, 5.74) is 0. The smallest absolute Gasteiger partial charge is 0.305 e. The zero-order chi connectivity index (χ0) is 11.9. The Kier molecular flexibility index (Phi) is 6.05. The molecule has 0 aliphatic heterocycles. The Balaban J connectivity index is 3.82. The predicted molar refractivity (Wildman–Crippen MR) is 50.7 cm³/mol. The summed E-state index contributed by atoms with van der Waals surface area (Å²) >= 11 is 0. The third-order valence-corrected chi connectivity index (χ3v) is 1.84. The number of esters is 1. The van der Waals surface area contributed by atoms with Gasteiger partial charge in [-0.15, -0.1) is 0 Å². The van der Waals surface area contributed by atoms with Crippen LogP contribution in [0, 0.1) is 0 Å². The monoisotopic (exact) mass is 222 g/mol. The topological polar surface area (TPSA) is 43.4 Å². The zero-order valence-corrected chi connectivity index (χ0v) is 9.02. The maximum Gasteiger partial charge on any atom is 0.305 e. The minimum atomic E-state index is -2.96. The summed E-state index contributed by atoms with van der Waals surface area (Å²) in [6.45, 7) is 3.07. The van der Waals surface area contributed by atoms with Crippen molar-refractivity contribution in [2.75, 3.05) is 6.61 Å². The van der Waals surface area contributed by atoms with E-state index in [2.05, 4.69) is 4.74 Å². The molecule has 3 nitrogen and oxygen atoms in total. The highest BCUT2D eigenvalue weighted by Crippen LogP contribution is 2.26. The van der Waals surface area contributed by atoms with Crippen LogP contribution in [0.4, 0.5) is 8.78 Å². The van der Waals surface area contributed by atoms with Gasteiger partial charge in [0.1, 0.15) is 5.78 Å². The molecule has 0 fully saturated rings. The highest BCUT2D eigenvalue weighted by Gasteiger charge is 2.29. The first-order valence-electron chi connectivity index (χ1n) is 4.90. The maximum atomic E-state index is 13.0. The summed E-state index contributed by atoms with van der Waals surface area (Å²) in [5, 5.41) is 0. The van der Waals surface area contributed by atoms with Crippen LogP contribution >= 0.6 is 0 Å². The third kappa shape index (κ3) is 8.03. The van der Waals surface area contributed by atoms with Gasteiger partial charge in [-0.05, 0) is 13.8 Å². The summed E-state index contributed by atoms with van der Waals surface area (Å²) in [5.74, 6) is -3.86. The fraction of sp³-hybridized carbons (Fsp3) is 0.800. The minimum absolute atomic E-state index is 0.157. The van der Waals surface area contributed by atoms with Crippen LogP contribution in [0.3, 0.4) is 0 Å². The molecule has 0 saturated heterocycles. The van der Waals surface area contributed by atoms with Crippen molar-refractivity contribution >= 4 is 11.8 Å². The van der Waals surface area contributed by atoms with Crippen LogP contribution in [0.25, 0.3) is 0 Å². The van der Waals surface area contributed by atoms with E-state index in [1.54, 1.807) is 6.92 Å². The average Bonchev–Trinajstić information content (AvgIpc) is 2.13. The van der Waals surface area contributed by atoms with Crippen molar-refractivity contribution in [1.29, 1.82) is 0 Å². The van der Waals surface area contributed by atoms with Crippen LogP contribution in [-0.4, -0.2) is 24.3 Å². The van der Waals surface area contributed by atoms with Gasteiger partial charge in [0, 0.05) is 19.3 Å². The number of hydrogen-bond donors (Lipinski definition) is 0. The second-order valence-electron chi connectivity index (χ2n) is 3.36. The van der Waals surface area contributed by atoms with E-state index in [1.165, 1.54) is 6.92 Å². The number of rotatable bonds is 7. The molecule has 15 heavy (non-hydrogen) atoms. The Bertz CT molecular complexity index is 227. The number of hydrogen-bond acceptors (Lipinski definition) is 3. The molecule has 0 aliphatic carbocycles. The zero-order valence-electron chi connectivity index (χ0n) is 9.02. The lowest BCUT2D eigenvalue weighted by atomic mass is 10.1. The van der Waals surface area contributed by atoms with Gasteiger partial charge in [-0.3, -0.25) is 4.79 Å². The van der Waals surface area contributed by atoms with E-state index in [0.29, 0.717) is 0 Å². The third-order valence-electron chi connectivity index (χ3n) is 1.84. The quantitative estimate of drug-likeness (QED) is 0.621. The second kappa shape index (κ2) is 6.48. The van der Waals surface area contributed by atoms with Crippen LogP contribution in [0.1, 0.15) is 39.5 Å². The molecule has 0 aromatic carbocycles. The number of Topliss-reactive ketones (excluding diaryl/α,β-unsaturated/α-hetero) is 1. The van der Waals surface area contributed by atoms with Crippen molar-refractivity contribution in [3.8, 4) is 0 Å². The van der Waals surface area contributed by atoms with Gasteiger partial charge < -0.3 is 9.53 Å². The van der Waals surface area contributed by atoms with Crippen LogP contribution in [-0.2, 0) is 14.3 Å². The number of carbonyl (C=O) groups excluding carboxylic acids is 2. The van der Waals surface area contributed by atoms with Gasteiger partial charge in [-0.2, -0.15) is 0 Å². The van der Waals surface area contributed by atoms with E-state index in [-0.39, 0.29) is 25.2 Å². The summed E-state index contributed by atoms with van der Waals surface area (Å²) in [4.78, 5) is 21.3. The number of halogens is 2. The van der Waals surface area contributed by atoms with Gasteiger partial charge in [-0.1, -0.05) is 0 Å². The Morgan fingerprint density at radius 2 is 1.73 bits per heavy atom. The van der Waals surface area contributed by atoms with Gasteiger partial charge in [0.25, 0.3) is 0 Å². The standard InChI is InChI=1S/C10H16F2O3/c1-3-15-9(14)5-7-10(11,12)6-4-8(2)13/h3-7H2,1-2H3. The van der Waals surface area contributed by atoms with Gasteiger partial charge in [-0.25, -0.2) is 8.78 Å². The van der Waals surface area contributed by atoms with Crippen LogP contribution in [0.2, 0.25) is 0 Å². The molecule has 0 N–H and O–H groups in total. The fourth-order valence-corrected chi connectivity index (χ4v) is 1.00. The molecule has 5 heteroatoms. The van der Waals surface area contributed by atoms with Gasteiger partial charge in [0.2, 0.25) is 5.92 Å². The maximum absolute atomic E-state index is 13.0. The molecule has 88 valence electrons. The first kappa shape index (κ1) is 14.0. The molecule has 0 aromatic heterocycles. The van der Waals surface area contributed by atoms with E-state index >= 15 is 0 Å². The summed E-state index contributed by atoms with van der Waals surface area (Å²) < 4.78 is 30.6. The van der Waals surface area contributed by atoms with E-state index in [0.717, 1.165) is 0 Å². The summed E-state index contributed by atoms with van der Waals surface area (Å²) in [6.07, 6.45) is -1.52. The Hall–Kier alpha value is -1.00. The molecule has 0 saturated carbocycles. The normalized spacial score (nSPS) is 11.2. The average molecular weight is 222 g/mol. The number of ketones is 1. The molecule has 0 unspecified atom stereocenters. The number of carbonyl (C=O) groups is 2. The fourth-order valence-electron chi connectivity index (χ4n) is 1.00. The van der Waals surface area contributed by atoms with E-state index in [1.807, 2.05) is 0 Å². The Morgan fingerprint density at radius 1 is 1.20 bits per heavy atom. The van der Waals surface area contributed by atoms with Crippen LogP contribution in [0.15, 0.2) is 0 Å². The highest BCUT2D eigenvalue weighted by atomic mass is 19.3. The number of ether oxygens (including phenoxy) is 1. The highest BCUT2D eigenvalue weighted by molar-refractivity contribution is 5.75. The van der Waals surface area contributed by atoms with Crippen molar-refractivity contribution in [3.63, 3.8) is 0 Å². The van der Waals surface area contributed by atoms with Crippen molar-refractivity contribution in [2.24, 2.45) is 0 Å². The van der Waals surface area contributed by atoms with Crippen LogP contribution < -0.4 is 0 Å². The lowest BCUT2D eigenvalue weighted by Gasteiger charge is -2.14. The summed E-state index contributed by atoms with van der Waals surface area (Å²) in [7, 11) is 0. The molecular weight excluding hydrogens is 206 g/mol. The van der Waals surface area contributed by atoms with E-state index < -0.39 is 24.7 Å². The number of alkyl halides is 2. The molecule has 0 atom stereocenters. The molecule has 0 spiro atoms. The van der Waals surface area contributed by atoms with E-state index in [4.69, 9.17) is 0 Å². The van der Waals surface area contributed by atoms with Crippen molar-refractivity contribution in [3.05, 3.63) is 0 Å². The van der Waals surface area contributed by atoms with Crippen molar-refractivity contribution < 1.29 is 23.1 Å². The molecule has 0 bridgehead atoms. The molecule has 0 heterocycles. The summed E-state index contributed by atoms with van der Waals surface area (Å²) in [6, 6.07) is 0. The second-order valence-corrected chi connectivity index (χ2v) is 3.36. The molecule has 0 amide bonds. The lowest BCUT2D eigenvalue weighted by Crippen LogP contribution is -2.19. The van der Waals surface area contributed by atoms with Crippen molar-refractivity contribution in [2.45, 2.75) is 45.5 Å². The molecular formula is C10H16F2O3. The Labute approximate surface area is 87.8 Å². The molecule has 0 aliphatic rings. The molecule has 0 rings (SSSR count). The molecule has 0 radical (unpaired) electrons. The molecule has 0 aromatic rings. The van der Waals surface area contributed by atoms with Crippen molar-refractivity contribution in [1.82, 2.24) is 0 Å². The van der Waals surface area contributed by atoms with Crippen LogP contribution in [0.5, 0.6) is 0 Å². The predicted octanol–water partition coefficient (Wildman–Crippen LogP) is 2.33. The minimum Gasteiger partial charge on any atom is -0.466 e. The van der Waals surface area contributed by atoms with E-state index in [9.17, 15) is 18.4 Å². The van der Waals surface area contributed by atoms with Gasteiger partial charge in [0.05, 0.1) is 13.0 Å². The first-order valence-corrected chi connectivity index (χ1v) is 4.90. The Morgan fingerprint density at radius 3 is 2.20 bits per heavy atom. The SMILES string of the molecule is CCOC(=O)CCC(F)(F)CCC(C)=O.